The second-order valence-electron chi connectivity index (χ2n) is 14.4. The average Bonchev–Trinajstić information content (AvgIpc) is 3.93. The third-order valence-corrected chi connectivity index (χ3v) is 13.4. The molecule has 2 saturated carbocycles. The summed E-state index contributed by atoms with van der Waals surface area (Å²) in [5.41, 5.74) is 0.449. The molecule has 3 fully saturated rings. The van der Waals surface area contributed by atoms with Gasteiger partial charge in [-0.3, -0.25) is 24.0 Å². The maximum absolute atomic E-state index is 14.5. The second kappa shape index (κ2) is 13.8. The molecule has 4 amide bonds. The van der Waals surface area contributed by atoms with Gasteiger partial charge >= 0.3 is 6.09 Å². The topological polar surface area (TPSA) is 167 Å². The van der Waals surface area contributed by atoms with Gasteiger partial charge in [-0.05, 0) is 64.0 Å². The lowest BCUT2D eigenvalue weighted by molar-refractivity contribution is -0.140. The Hall–Kier alpha value is -4.05. The lowest BCUT2D eigenvalue weighted by atomic mass is 10.1. The van der Waals surface area contributed by atoms with Gasteiger partial charge in [-0.1, -0.05) is 37.1 Å². The normalized spacial score (nSPS) is 28.1. The highest BCUT2D eigenvalue weighted by molar-refractivity contribution is 7.91. The number of amides is 4. The zero-order valence-corrected chi connectivity index (χ0v) is 30.3. The molecule has 0 bridgehead atoms. The van der Waals surface area contributed by atoms with Gasteiger partial charge in [0.15, 0.2) is 5.13 Å². The van der Waals surface area contributed by atoms with Crippen molar-refractivity contribution >= 4 is 50.3 Å². The molecule has 4 heterocycles. The number of allylic oxidation sites excluding steroid dienone is 1. The summed E-state index contributed by atoms with van der Waals surface area (Å²) in [6.07, 6.45) is 6.98. The van der Waals surface area contributed by atoms with Gasteiger partial charge in [-0.2, -0.15) is 0 Å². The summed E-state index contributed by atoms with van der Waals surface area (Å²) >= 11 is 1.44. The molecule has 3 aliphatic heterocycles. The average molecular weight is 743 g/mol. The molecular formula is C35H43FN6O7S2. The molecule has 1 aromatic carbocycles. The molecular weight excluding hydrogens is 700 g/mol. The summed E-state index contributed by atoms with van der Waals surface area (Å²) in [5.74, 6) is -2.64. The third kappa shape index (κ3) is 7.34. The minimum absolute atomic E-state index is 0.0368. The van der Waals surface area contributed by atoms with E-state index in [4.69, 9.17) is 4.74 Å². The third-order valence-electron chi connectivity index (χ3n) is 10.6. The molecule has 5 atom stereocenters. The van der Waals surface area contributed by atoms with Crippen LogP contribution in [0.1, 0.15) is 79.5 Å². The molecule has 2 aromatic rings. The number of nitrogens with one attached hydrogen (secondary N) is 3. The number of halogens is 1. The number of sulfonamides is 1. The van der Waals surface area contributed by atoms with Gasteiger partial charge < -0.3 is 20.3 Å². The van der Waals surface area contributed by atoms with E-state index in [-0.39, 0.29) is 38.4 Å². The first-order chi connectivity index (χ1) is 24.3. The monoisotopic (exact) mass is 742 g/mol. The molecule has 7 rings (SSSR count). The molecule has 0 radical (unpaired) electrons. The molecule has 5 aliphatic rings. The van der Waals surface area contributed by atoms with Crippen molar-refractivity contribution in [2.75, 3.05) is 11.9 Å². The fourth-order valence-corrected chi connectivity index (χ4v) is 9.49. The number of hydrogen-bond donors (Lipinski definition) is 3. The Morgan fingerprint density at radius 1 is 1.12 bits per heavy atom. The molecule has 1 saturated heterocycles. The van der Waals surface area contributed by atoms with Crippen LogP contribution in [0.5, 0.6) is 0 Å². The Morgan fingerprint density at radius 3 is 2.65 bits per heavy atom. The summed E-state index contributed by atoms with van der Waals surface area (Å²) in [5, 5.41) is 6.11. The van der Waals surface area contributed by atoms with Gasteiger partial charge in [-0.25, -0.2) is 22.6 Å². The van der Waals surface area contributed by atoms with Crippen molar-refractivity contribution in [2.45, 2.75) is 114 Å². The number of thiazole rings is 1. The van der Waals surface area contributed by atoms with E-state index in [9.17, 15) is 32.0 Å². The van der Waals surface area contributed by atoms with E-state index in [0.717, 1.165) is 36.3 Å². The summed E-state index contributed by atoms with van der Waals surface area (Å²) in [6.45, 7) is 3.96. The fourth-order valence-electron chi connectivity index (χ4n) is 7.26. The number of carbonyl (C=O) groups excluding carboxylic acids is 4. The van der Waals surface area contributed by atoms with E-state index in [1.807, 2.05) is 26.0 Å². The quantitative estimate of drug-likeness (QED) is 0.373. The zero-order valence-electron chi connectivity index (χ0n) is 28.7. The maximum atomic E-state index is 14.5. The van der Waals surface area contributed by atoms with E-state index in [1.54, 1.807) is 12.1 Å². The summed E-state index contributed by atoms with van der Waals surface area (Å²) in [4.78, 5) is 64.1. The van der Waals surface area contributed by atoms with E-state index in [2.05, 4.69) is 20.3 Å². The van der Waals surface area contributed by atoms with Crippen LogP contribution in [-0.4, -0.2) is 82.5 Å². The Labute approximate surface area is 300 Å². The van der Waals surface area contributed by atoms with E-state index < -0.39 is 68.6 Å². The van der Waals surface area contributed by atoms with Crippen LogP contribution in [0.3, 0.4) is 0 Å². The Bertz CT molecular complexity index is 1860. The summed E-state index contributed by atoms with van der Waals surface area (Å²) in [6, 6.07) is 2.83. The lowest BCUT2D eigenvalue weighted by Gasteiger charge is -2.29. The Balaban J connectivity index is 1.15. The first-order valence-electron chi connectivity index (χ1n) is 17.6. The SMILES string of the molecule is Cc1nc(N[C@H]2CCCCCC=C[C@@H]3C[C@@]3(C(=O)NS(=O)(=O)C3CC3)NC(=O)[C@@H]3C[C@@H](OC(=O)N4Cc5cccc(F)c5C4)CN3C2=O)sc1C. The van der Waals surface area contributed by atoms with Crippen molar-refractivity contribution in [3.8, 4) is 0 Å². The van der Waals surface area contributed by atoms with Crippen LogP contribution in [-0.2, 0) is 42.2 Å². The number of rotatable bonds is 6. The minimum Gasteiger partial charge on any atom is -0.444 e. The number of fused-ring (bicyclic) bond motifs is 3. The summed E-state index contributed by atoms with van der Waals surface area (Å²) < 4.78 is 48.0. The van der Waals surface area contributed by atoms with E-state index >= 15 is 0 Å². The standard InChI is InChI=1S/C35H43FN6O7S2/c1-20-21(2)50-33(37-20)38-28-12-7-5-3-4-6-10-23-16-35(23,32(45)40-51(47,48)25-13-14-25)39-30(43)29-15-24(18-42(29)31(28)44)49-34(46)41-17-22-9-8-11-27(36)26(22)19-41/h6,8-11,23-25,28-29H,3-5,7,12-19H2,1-2H3,(H,37,38)(H,39,43)(H,40,45)/t23-,24-,28+,29+,35-/m1/s1. The minimum atomic E-state index is -3.89. The van der Waals surface area contributed by atoms with Crippen LogP contribution < -0.4 is 15.4 Å². The van der Waals surface area contributed by atoms with Gasteiger partial charge in [0.1, 0.15) is 29.5 Å². The highest BCUT2D eigenvalue weighted by atomic mass is 32.2. The molecule has 13 nitrogen and oxygen atoms in total. The van der Waals surface area contributed by atoms with Crippen LogP contribution in [0, 0.1) is 25.6 Å². The number of nitrogens with zero attached hydrogens (tertiary/aromatic N) is 3. The number of benzene rings is 1. The van der Waals surface area contributed by atoms with Crippen LogP contribution in [0.4, 0.5) is 14.3 Å². The van der Waals surface area contributed by atoms with Crippen molar-refractivity contribution in [2.24, 2.45) is 5.92 Å². The van der Waals surface area contributed by atoms with Crippen LogP contribution in [0.15, 0.2) is 30.4 Å². The molecule has 16 heteroatoms. The Morgan fingerprint density at radius 2 is 1.92 bits per heavy atom. The molecule has 0 spiro atoms. The predicted octanol–water partition coefficient (Wildman–Crippen LogP) is 3.81. The van der Waals surface area contributed by atoms with Crippen molar-refractivity contribution in [3.63, 3.8) is 0 Å². The number of aryl methyl sites for hydroxylation is 2. The lowest BCUT2D eigenvalue weighted by Crippen LogP contribution is -2.57. The van der Waals surface area contributed by atoms with Crippen LogP contribution in [0.2, 0.25) is 0 Å². The van der Waals surface area contributed by atoms with E-state index in [1.165, 1.54) is 27.2 Å². The van der Waals surface area contributed by atoms with Gasteiger partial charge in [0.05, 0.1) is 24.0 Å². The highest BCUT2D eigenvalue weighted by Gasteiger charge is 2.62. The molecule has 274 valence electrons. The number of anilines is 1. The zero-order chi connectivity index (χ0) is 36.1. The van der Waals surface area contributed by atoms with Crippen molar-refractivity contribution in [1.82, 2.24) is 24.8 Å². The largest absolute Gasteiger partial charge is 0.444 e. The number of ether oxygens (including phenoxy) is 1. The smallest absolute Gasteiger partial charge is 0.410 e. The number of carbonyl (C=O) groups is 4. The summed E-state index contributed by atoms with van der Waals surface area (Å²) in [7, 11) is -3.89. The molecule has 3 N–H and O–H groups in total. The number of hydrogen-bond acceptors (Lipinski definition) is 10. The van der Waals surface area contributed by atoms with E-state index in [0.29, 0.717) is 35.5 Å². The second-order valence-corrected chi connectivity index (χ2v) is 17.5. The van der Waals surface area contributed by atoms with Gasteiger partial charge in [0, 0.05) is 29.3 Å². The number of aromatic nitrogens is 1. The molecule has 2 aliphatic carbocycles. The molecule has 0 unspecified atom stereocenters. The Kier molecular flexibility index (Phi) is 9.58. The van der Waals surface area contributed by atoms with Gasteiger partial charge in [0.2, 0.25) is 21.8 Å². The van der Waals surface area contributed by atoms with Crippen molar-refractivity contribution in [3.05, 3.63) is 57.9 Å². The predicted molar refractivity (Wildman–Crippen MR) is 186 cm³/mol. The first kappa shape index (κ1) is 35.4. The highest BCUT2D eigenvalue weighted by Crippen LogP contribution is 2.46. The fraction of sp³-hybridized carbons (Fsp3) is 0.571. The van der Waals surface area contributed by atoms with Crippen LogP contribution >= 0.6 is 11.3 Å². The molecule has 51 heavy (non-hydrogen) atoms. The van der Waals surface area contributed by atoms with Gasteiger partial charge in [-0.15, -0.1) is 11.3 Å². The van der Waals surface area contributed by atoms with Crippen molar-refractivity contribution < 1.29 is 36.7 Å². The van der Waals surface area contributed by atoms with Crippen molar-refractivity contribution in [1.29, 1.82) is 0 Å². The van der Waals surface area contributed by atoms with Crippen LogP contribution in [0.25, 0.3) is 0 Å². The van der Waals surface area contributed by atoms with Gasteiger partial charge in [0.25, 0.3) is 5.91 Å². The maximum Gasteiger partial charge on any atom is 0.410 e. The molecule has 1 aromatic heterocycles. The first-order valence-corrected chi connectivity index (χ1v) is 20.0.